The lowest BCUT2D eigenvalue weighted by molar-refractivity contribution is -0.120. The molecular weight excluding hydrogens is 368 g/mol. The molecular formula is C22H22N4O3. The van der Waals surface area contributed by atoms with Gasteiger partial charge in [0.2, 0.25) is 11.8 Å². The zero-order valence-electron chi connectivity index (χ0n) is 16.3. The minimum absolute atomic E-state index is 0.0613. The van der Waals surface area contributed by atoms with E-state index in [0.29, 0.717) is 35.7 Å². The summed E-state index contributed by atoms with van der Waals surface area (Å²) in [7, 11) is 0. The van der Waals surface area contributed by atoms with Crippen molar-refractivity contribution in [3.8, 4) is 11.1 Å². The van der Waals surface area contributed by atoms with Crippen LogP contribution in [0.5, 0.6) is 0 Å². The number of nitrogen functional groups attached to an aromatic ring is 1. The molecule has 0 saturated carbocycles. The van der Waals surface area contributed by atoms with E-state index in [4.69, 9.17) is 10.3 Å². The molecule has 0 spiro atoms. The Hall–Kier alpha value is -3.61. The van der Waals surface area contributed by atoms with Crippen LogP contribution in [0.1, 0.15) is 24.3 Å². The van der Waals surface area contributed by atoms with Crippen molar-refractivity contribution in [2.75, 3.05) is 16.0 Å². The fraction of sp³-hybridized carbons (Fsp3) is 0.227. The predicted molar refractivity (Wildman–Crippen MR) is 111 cm³/mol. The molecule has 1 saturated heterocycles. The average Bonchev–Trinajstić information content (AvgIpc) is 3.26. The Morgan fingerprint density at radius 1 is 1.21 bits per heavy atom. The zero-order valence-corrected chi connectivity index (χ0v) is 16.3. The number of hydrogen-bond acceptors (Lipinski definition) is 5. The van der Waals surface area contributed by atoms with E-state index in [1.807, 2.05) is 56.3 Å². The molecule has 3 aromatic rings. The molecule has 1 aliphatic rings. The van der Waals surface area contributed by atoms with Crippen LogP contribution in [0, 0.1) is 13.8 Å². The van der Waals surface area contributed by atoms with Crippen molar-refractivity contribution in [2.45, 2.75) is 32.7 Å². The number of nitrogens with one attached hydrogen (secondary N) is 1. The van der Waals surface area contributed by atoms with Crippen molar-refractivity contribution >= 4 is 28.9 Å². The lowest BCUT2D eigenvalue weighted by Gasteiger charge is -2.24. The SMILES string of the molecule is Cc1noc(C)c1-c1ccc(N)c(NC(=O)C2CCC(=O)N2c2ccccc2)c1. The van der Waals surface area contributed by atoms with E-state index in [9.17, 15) is 9.59 Å². The van der Waals surface area contributed by atoms with E-state index in [-0.39, 0.29) is 11.8 Å². The summed E-state index contributed by atoms with van der Waals surface area (Å²) in [6, 6.07) is 14.1. The number of hydrogen-bond donors (Lipinski definition) is 2. The smallest absolute Gasteiger partial charge is 0.247 e. The molecule has 148 valence electrons. The minimum atomic E-state index is -0.577. The monoisotopic (exact) mass is 390 g/mol. The molecule has 1 unspecified atom stereocenters. The quantitative estimate of drug-likeness (QED) is 0.662. The number of carbonyl (C=O) groups excluding carboxylic acids is 2. The van der Waals surface area contributed by atoms with Gasteiger partial charge in [0, 0.05) is 17.7 Å². The molecule has 2 heterocycles. The topological polar surface area (TPSA) is 101 Å². The van der Waals surface area contributed by atoms with E-state index in [0.717, 1.165) is 16.8 Å². The first-order valence-electron chi connectivity index (χ1n) is 9.46. The average molecular weight is 390 g/mol. The highest BCUT2D eigenvalue weighted by Crippen LogP contribution is 2.33. The maximum absolute atomic E-state index is 13.0. The van der Waals surface area contributed by atoms with E-state index in [1.165, 1.54) is 0 Å². The second kappa shape index (κ2) is 7.43. The second-order valence-corrected chi connectivity index (χ2v) is 7.14. The number of amides is 2. The van der Waals surface area contributed by atoms with Crippen molar-refractivity contribution in [3.05, 3.63) is 60.0 Å². The van der Waals surface area contributed by atoms with Crippen molar-refractivity contribution in [1.29, 1.82) is 0 Å². The highest BCUT2D eigenvalue weighted by Gasteiger charge is 2.37. The van der Waals surface area contributed by atoms with Crippen molar-refractivity contribution in [3.63, 3.8) is 0 Å². The Bertz CT molecular complexity index is 1060. The van der Waals surface area contributed by atoms with Crippen LogP contribution >= 0.6 is 0 Å². The molecule has 3 N–H and O–H groups in total. The van der Waals surface area contributed by atoms with Crippen LogP contribution in [0.3, 0.4) is 0 Å². The van der Waals surface area contributed by atoms with Crippen LogP contribution in [-0.4, -0.2) is 23.0 Å². The van der Waals surface area contributed by atoms with Crippen LogP contribution in [0.25, 0.3) is 11.1 Å². The van der Waals surface area contributed by atoms with Gasteiger partial charge in [0.1, 0.15) is 11.8 Å². The Morgan fingerprint density at radius 3 is 2.66 bits per heavy atom. The zero-order chi connectivity index (χ0) is 20.5. The van der Waals surface area contributed by atoms with Gasteiger partial charge in [-0.3, -0.25) is 14.5 Å². The molecule has 1 fully saturated rings. The number of benzene rings is 2. The number of carbonyl (C=O) groups is 2. The Morgan fingerprint density at radius 2 is 1.97 bits per heavy atom. The summed E-state index contributed by atoms with van der Waals surface area (Å²) in [4.78, 5) is 27.0. The number of nitrogens with two attached hydrogens (primary N) is 1. The molecule has 4 rings (SSSR count). The third-order valence-electron chi connectivity index (χ3n) is 5.18. The summed E-state index contributed by atoms with van der Waals surface area (Å²) in [5.41, 5.74) is 10.3. The first-order valence-corrected chi connectivity index (χ1v) is 9.46. The van der Waals surface area contributed by atoms with E-state index >= 15 is 0 Å². The summed E-state index contributed by atoms with van der Waals surface area (Å²) in [5, 5.41) is 6.89. The van der Waals surface area contributed by atoms with Gasteiger partial charge < -0.3 is 15.6 Å². The molecule has 1 aromatic heterocycles. The summed E-state index contributed by atoms with van der Waals surface area (Å²) in [6.07, 6.45) is 0.796. The minimum Gasteiger partial charge on any atom is -0.397 e. The van der Waals surface area contributed by atoms with Crippen LogP contribution in [-0.2, 0) is 9.59 Å². The largest absolute Gasteiger partial charge is 0.397 e. The van der Waals surface area contributed by atoms with Gasteiger partial charge in [0.25, 0.3) is 0 Å². The highest BCUT2D eigenvalue weighted by atomic mass is 16.5. The van der Waals surface area contributed by atoms with Crippen LogP contribution in [0.15, 0.2) is 53.1 Å². The Labute approximate surface area is 168 Å². The summed E-state index contributed by atoms with van der Waals surface area (Å²) < 4.78 is 5.24. The summed E-state index contributed by atoms with van der Waals surface area (Å²) in [5.74, 6) is 0.372. The normalized spacial score (nSPS) is 16.3. The number of aromatic nitrogens is 1. The third-order valence-corrected chi connectivity index (χ3v) is 5.18. The van der Waals surface area contributed by atoms with Gasteiger partial charge in [-0.2, -0.15) is 0 Å². The van der Waals surface area contributed by atoms with Crippen molar-refractivity contribution in [2.24, 2.45) is 0 Å². The van der Waals surface area contributed by atoms with E-state index < -0.39 is 6.04 Å². The van der Waals surface area contributed by atoms with Crippen LogP contribution in [0.2, 0.25) is 0 Å². The molecule has 7 nitrogen and oxygen atoms in total. The number of anilines is 3. The van der Waals surface area contributed by atoms with Crippen molar-refractivity contribution < 1.29 is 14.1 Å². The molecule has 29 heavy (non-hydrogen) atoms. The Kier molecular flexibility index (Phi) is 4.80. The van der Waals surface area contributed by atoms with Gasteiger partial charge in [-0.05, 0) is 50.1 Å². The maximum atomic E-state index is 13.0. The molecule has 2 aromatic carbocycles. The third kappa shape index (κ3) is 3.47. The van der Waals surface area contributed by atoms with Gasteiger partial charge in [0.05, 0.1) is 17.1 Å². The van der Waals surface area contributed by atoms with Gasteiger partial charge in [-0.25, -0.2) is 0 Å². The molecule has 7 heteroatoms. The van der Waals surface area contributed by atoms with Crippen LogP contribution in [0.4, 0.5) is 17.1 Å². The summed E-state index contributed by atoms with van der Waals surface area (Å²) >= 11 is 0. The van der Waals surface area contributed by atoms with Gasteiger partial charge >= 0.3 is 0 Å². The maximum Gasteiger partial charge on any atom is 0.247 e. The standard InChI is InChI=1S/C22H22N4O3/c1-13-21(14(2)29-25-13)15-8-9-17(23)18(12-15)24-22(28)19-10-11-20(27)26(19)16-6-4-3-5-7-16/h3-9,12,19H,10-11,23H2,1-2H3,(H,24,28). The lowest BCUT2D eigenvalue weighted by atomic mass is 10.0. The first kappa shape index (κ1) is 18.7. The number of aryl methyl sites for hydroxylation is 2. The Balaban J connectivity index is 1.61. The molecule has 0 radical (unpaired) electrons. The molecule has 0 bridgehead atoms. The van der Waals surface area contributed by atoms with Crippen molar-refractivity contribution in [1.82, 2.24) is 5.16 Å². The molecule has 2 amide bonds. The fourth-order valence-corrected chi connectivity index (χ4v) is 3.78. The van der Waals surface area contributed by atoms with Gasteiger partial charge in [-0.1, -0.05) is 29.4 Å². The summed E-state index contributed by atoms with van der Waals surface area (Å²) in [6.45, 7) is 3.70. The molecule has 0 aliphatic carbocycles. The van der Waals surface area contributed by atoms with Gasteiger partial charge in [0.15, 0.2) is 0 Å². The lowest BCUT2D eigenvalue weighted by Crippen LogP contribution is -2.41. The van der Waals surface area contributed by atoms with Crippen LogP contribution < -0.4 is 16.0 Å². The highest BCUT2D eigenvalue weighted by molar-refractivity contribution is 6.08. The van der Waals surface area contributed by atoms with E-state index in [2.05, 4.69) is 10.5 Å². The number of para-hydroxylation sites is 1. The predicted octanol–water partition coefficient (Wildman–Crippen LogP) is 3.67. The first-order chi connectivity index (χ1) is 14.0. The van der Waals surface area contributed by atoms with E-state index in [1.54, 1.807) is 11.0 Å². The number of nitrogens with zero attached hydrogens (tertiary/aromatic N) is 2. The van der Waals surface area contributed by atoms with Gasteiger partial charge in [-0.15, -0.1) is 0 Å². The molecule has 1 aliphatic heterocycles. The fourth-order valence-electron chi connectivity index (χ4n) is 3.78. The number of rotatable bonds is 4. The second-order valence-electron chi connectivity index (χ2n) is 7.14. The molecule has 1 atom stereocenters.